The fraction of sp³-hybridized carbons (Fsp3) is 0.625. The molecule has 0 bridgehead atoms. The number of rotatable bonds is 5. The van der Waals surface area contributed by atoms with E-state index in [0.29, 0.717) is 13.2 Å². The van der Waals surface area contributed by atoms with Gasteiger partial charge in [-0.25, -0.2) is 0 Å². The molecule has 1 unspecified atom stereocenters. The number of ether oxygens (including phenoxy) is 1. The van der Waals surface area contributed by atoms with Crippen molar-refractivity contribution in [3.05, 3.63) is 35.4 Å². The number of β-amino-alcohol motifs (C(OH)–C–C–N with tert-alkyl or cyclic N) is 1. The summed E-state index contributed by atoms with van der Waals surface area (Å²) in [5, 5.41) is 10.0. The van der Waals surface area contributed by atoms with Crippen molar-refractivity contribution in [3.8, 4) is 0 Å². The summed E-state index contributed by atoms with van der Waals surface area (Å²) in [6.45, 7) is 7.10. The van der Waals surface area contributed by atoms with Crippen LogP contribution < -0.4 is 0 Å². The summed E-state index contributed by atoms with van der Waals surface area (Å²) in [5.74, 6) is 0. The van der Waals surface area contributed by atoms with Gasteiger partial charge in [0.2, 0.25) is 0 Å². The number of hydrogen-bond donors (Lipinski definition) is 1. The van der Waals surface area contributed by atoms with Crippen molar-refractivity contribution >= 4 is 0 Å². The van der Waals surface area contributed by atoms with Crippen LogP contribution in [0.5, 0.6) is 0 Å². The second kappa shape index (κ2) is 7.04. The van der Waals surface area contributed by atoms with Gasteiger partial charge in [-0.05, 0) is 44.4 Å². The minimum Gasteiger partial charge on any atom is -0.389 e. The molecule has 1 aromatic carbocycles. The smallest absolute Gasteiger partial charge is 0.0900 e. The van der Waals surface area contributed by atoms with E-state index < -0.39 is 6.10 Å². The minimum absolute atomic E-state index is 0.180. The Labute approximate surface area is 116 Å². The summed E-state index contributed by atoms with van der Waals surface area (Å²) < 4.78 is 5.47. The van der Waals surface area contributed by atoms with Crippen molar-refractivity contribution in [2.24, 2.45) is 0 Å². The van der Waals surface area contributed by atoms with Crippen LogP contribution in [-0.2, 0) is 17.7 Å². The van der Waals surface area contributed by atoms with E-state index in [1.165, 1.54) is 11.1 Å². The van der Waals surface area contributed by atoms with Crippen molar-refractivity contribution in [1.29, 1.82) is 0 Å². The molecular weight excluding hydrogens is 238 g/mol. The van der Waals surface area contributed by atoms with Crippen LogP contribution >= 0.6 is 0 Å². The minimum atomic E-state index is -0.396. The predicted molar refractivity (Wildman–Crippen MR) is 77.1 cm³/mol. The molecule has 19 heavy (non-hydrogen) atoms. The van der Waals surface area contributed by atoms with Crippen LogP contribution in [0, 0.1) is 0 Å². The topological polar surface area (TPSA) is 32.7 Å². The highest BCUT2D eigenvalue weighted by molar-refractivity contribution is 5.27. The number of nitrogens with zero attached hydrogens (tertiary/aromatic N) is 1. The summed E-state index contributed by atoms with van der Waals surface area (Å²) in [6, 6.07) is 8.63. The van der Waals surface area contributed by atoms with E-state index in [1.54, 1.807) is 0 Å². The molecule has 3 nitrogen and oxygen atoms in total. The van der Waals surface area contributed by atoms with E-state index in [0.717, 1.165) is 25.9 Å². The van der Waals surface area contributed by atoms with E-state index in [2.05, 4.69) is 29.2 Å². The number of hydrogen-bond acceptors (Lipinski definition) is 3. The number of aryl methyl sites for hydroxylation is 1. The Kier molecular flexibility index (Phi) is 5.37. The lowest BCUT2D eigenvalue weighted by Crippen LogP contribution is -2.35. The van der Waals surface area contributed by atoms with Gasteiger partial charge in [-0.15, -0.1) is 0 Å². The lowest BCUT2D eigenvalue weighted by Gasteiger charge is -2.24. The maximum atomic E-state index is 10.0. The van der Waals surface area contributed by atoms with Crippen molar-refractivity contribution in [2.45, 2.75) is 45.4 Å². The summed E-state index contributed by atoms with van der Waals surface area (Å²) in [7, 11) is 0. The zero-order valence-electron chi connectivity index (χ0n) is 12.0. The molecule has 0 saturated carbocycles. The highest BCUT2D eigenvalue weighted by atomic mass is 16.5. The molecule has 3 heteroatoms. The molecule has 0 aliphatic carbocycles. The van der Waals surface area contributed by atoms with Gasteiger partial charge in [-0.2, -0.15) is 0 Å². The van der Waals surface area contributed by atoms with Crippen LogP contribution in [0.15, 0.2) is 24.3 Å². The van der Waals surface area contributed by atoms with Gasteiger partial charge in [0.25, 0.3) is 0 Å². The fourth-order valence-corrected chi connectivity index (χ4v) is 2.58. The molecule has 1 N–H and O–H groups in total. The quantitative estimate of drug-likeness (QED) is 0.884. The van der Waals surface area contributed by atoms with Crippen LogP contribution in [0.25, 0.3) is 0 Å². The number of aliphatic hydroxyl groups is 1. The molecule has 0 aromatic heterocycles. The highest BCUT2D eigenvalue weighted by Crippen LogP contribution is 2.18. The lowest BCUT2D eigenvalue weighted by atomic mass is 10.0. The molecule has 0 radical (unpaired) electrons. The number of aliphatic hydroxyl groups excluding tert-OH is 1. The summed E-state index contributed by atoms with van der Waals surface area (Å²) in [4.78, 5) is 2.33. The molecular formula is C16H25NO2. The van der Waals surface area contributed by atoms with Crippen molar-refractivity contribution in [1.82, 2.24) is 4.90 Å². The van der Waals surface area contributed by atoms with Gasteiger partial charge in [0.15, 0.2) is 0 Å². The van der Waals surface area contributed by atoms with E-state index in [1.807, 2.05) is 13.8 Å². The van der Waals surface area contributed by atoms with Gasteiger partial charge in [-0.3, -0.25) is 4.90 Å². The lowest BCUT2D eigenvalue weighted by molar-refractivity contribution is -0.00931. The fourth-order valence-electron chi connectivity index (χ4n) is 2.58. The average Bonchev–Trinajstić information content (AvgIpc) is 2.58. The molecule has 1 atom stereocenters. The summed E-state index contributed by atoms with van der Waals surface area (Å²) >= 11 is 0. The Balaban J connectivity index is 1.88. The van der Waals surface area contributed by atoms with E-state index in [4.69, 9.17) is 4.74 Å². The molecule has 1 aromatic rings. The normalized spacial score (nSPS) is 18.1. The Morgan fingerprint density at radius 1 is 1.26 bits per heavy atom. The standard InChI is InChI=1S/C16H25NO2/c1-13(2)19-12-16(18)11-17-9-5-8-14-6-3-4-7-15(14)10-17/h3-4,6-7,13,16,18H,5,8-12H2,1-2H3. The van der Waals surface area contributed by atoms with E-state index in [-0.39, 0.29) is 6.10 Å². The zero-order chi connectivity index (χ0) is 13.7. The van der Waals surface area contributed by atoms with Crippen LogP contribution in [0.1, 0.15) is 31.4 Å². The third kappa shape index (κ3) is 4.60. The van der Waals surface area contributed by atoms with Crippen LogP contribution in [0.2, 0.25) is 0 Å². The molecule has 1 aliphatic heterocycles. The third-order valence-electron chi connectivity index (χ3n) is 3.52. The maximum absolute atomic E-state index is 10.0. The molecule has 0 saturated heterocycles. The van der Waals surface area contributed by atoms with Crippen LogP contribution in [0.3, 0.4) is 0 Å². The number of benzene rings is 1. The van der Waals surface area contributed by atoms with Gasteiger partial charge < -0.3 is 9.84 Å². The first-order valence-electron chi connectivity index (χ1n) is 7.24. The van der Waals surface area contributed by atoms with Crippen molar-refractivity contribution in [3.63, 3.8) is 0 Å². The van der Waals surface area contributed by atoms with Gasteiger partial charge in [0.1, 0.15) is 0 Å². The summed E-state index contributed by atoms with van der Waals surface area (Å²) in [6.07, 6.45) is 2.09. The number of fused-ring (bicyclic) bond motifs is 1. The van der Waals surface area contributed by atoms with Crippen molar-refractivity contribution < 1.29 is 9.84 Å². The Morgan fingerprint density at radius 3 is 2.74 bits per heavy atom. The van der Waals surface area contributed by atoms with Gasteiger partial charge in [0, 0.05) is 13.1 Å². The largest absolute Gasteiger partial charge is 0.389 e. The highest BCUT2D eigenvalue weighted by Gasteiger charge is 2.17. The van der Waals surface area contributed by atoms with Gasteiger partial charge in [0.05, 0.1) is 18.8 Å². The summed E-state index contributed by atoms with van der Waals surface area (Å²) in [5.41, 5.74) is 2.86. The average molecular weight is 263 g/mol. The molecule has 2 rings (SSSR count). The van der Waals surface area contributed by atoms with Gasteiger partial charge >= 0.3 is 0 Å². The molecule has 0 fully saturated rings. The Morgan fingerprint density at radius 2 is 2.00 bits per heavy atom. The van der Waals surface area contributed by atoms with E-state index in [9.17, 15) is 5.11 Å². The predicted octanol–water partition coefficient (Wildman–Crippen LogP) is 2.22. The third-order valence-corrected chi connectivity index (χ3v) is 3.52. The van der Waals surface area contributed by atoms with Gasteiger partial charge in [-0.1, -0.05) is 24.3 Å². The Hall–Kier alpha value is -0.900. The SMILES string of the molecule is CC(C)OCC(O)CN1CCCc2ccccc2C1. The maximum Gasteiger partial charge on any atom is 0.0900 e. The zero-order valence-corrected chi connectivity index (χ0v) is 12.0. The van der Waals surface area contributed by atoms with Crippen LogP contribution in [0.4, 0.5) is 0 Å². The Bertz CT molecular complexity index is 392. The first-order chi connectivity index (χ1) is 9.15. The molecule has 0 spiro atoms. The monoisotopic (exact) mass is 263 g/mol. The second-order valence-corrected chi connectivity index (χ2v) is 5.64. The molecule has 1 aliphatic rings. The first kappa shape index (κ1) is 14.5. The van der Waals surface area contributed by atoms with E-state index >= 15 is 0 Å². The van der Waals surface area contributed by atoms with Crippen molar-refractivity contribution in [2.75, 3.05) is 19.7 Å². The molecule has 106 valence electrons. The van der Waals surface area contributed by atoms with Crippen LogP contribution in [-0.4, -0.2) is 41.9 Å². The molecule has 0 amide bonds. The second-order valence-electron chi connectivity index (χ2n) is 5.64. The molecule has 1 heterocycles. The first-order valence-corrected chi connectivity index (χ1v) is 7.24.